The predicted molar refractivity (Wildman–Crippen MR) is 118 cm³/mol. The SMILES string of the molecule is O=C(N1CCC[C@H](Cn2nc(-c3cccs3)ccc2=O)C1)C1(c2ccccc2)CC1. The molecule has 6 heteroatoms. The first kappa shape index (κ1) is 19.2. The number of piperidine rings is 1. The Morgan fingerprint density at radius 1 is 1.10 bits per heavy atom. The van der Waals surface area contributed by atoms with Crippen molar-refractivity contribution in [2.24, 2.45) is 5.92 Å². The number of rotatable bonds is 5. The molecule has 0 bridgehead atoms. The van der Waals surface area contributed by atoms with E-state index in [0.717, 1.165) is 48.4 Å². The van der Waals surface area contributed by atoms with Gasteiger partial charge in [-0.15, -0.1) is 11.3 Å². The monoisotopic (exact) mass is 419 g/mol. The van der Waals surface area contributed by atoms with Gasteiger partial charge in [-0.25, -0.2) is 4.68 Å². The lowest BCUT2D eigenvalue weighted by Gasteiger charge is -2.35. The van der Waals surface area contributed by atoms with Crippen LogP contribution in [-0.2, 0) is 16.8 Å². The average Bonchev–Trinajstić information content (AvgIpc) is 3.42. The van der Waals surface area contributed by atoms with Crippen LogP contribution in [0.3, 0.4) is 0 Å². The molecule has 1 aromatic carbocycles. The molecule has 0 unspecified atom stereocenters. The minimum atomic E-state index is -0.322. The number of nitrogens with zero attached hydrogens (tertiary/aromatic N) is 3. The normalized spacial score (nSPS) is 20.1. The van der Waals surface area contributed by atoms with Crippen molar-refractivity contribution in [1.29, 1.82) is 0 Å². The molecule has 0 spiro atoms. The second kappa shape index (κ2) is 7.84. The van der Waals surface area contributed by atoms with Crippen LogP contribution in [0.1, 0.15) is 31.2 Å². The number of carbonyl (C=O) groups is 1. The van der Waals surface area contributed by atoms with Crippen LogP contribution in [0.4, 0.5) is 0 Å². The van der Waals surface area contributed by atoms with E-state index in [4.69, 9.17) is 0 Å². The largest absolute Gasteiger partial charge is 0.342 e. The third-order valence-corrected chi connectivity index (χ3v) is 7.26. The maximum atomic E-state index is 13.4. The van der Waals surface area contributed by atoms with Gasteiger partial charge in [0.05, 0.1) is 10.3 Å². The van der Waals surface area contributed by atoms with Gasteiger partial charge in [0.25, 0.3) is 5.56 Å². The summed E-state index contributed by atoms with van der Waals surface area (Å²) in [6.07, 6.45) is 3.85. The standard InChI is InChI=1S/C24H25N3O2S/c28-22-11-10-20(21-9-5-15-30-21)25-27(22)17-18-6-4-14-26(16-18)23(29)24(12-13-24)19-7-2-1-3-8-19/h1-3,5,7-11,15,18H,4,6,12-14,16-17H2/t18-/m0/s1. The zero-order valence-corrected chi connectivity index (χ0v) is 17.7. The molecule has 2 aliphatic rings. The first-order chi connectivity index (χ1) is 14.7. The number of hydrogen-bond donors (Lipinski definition) is 0. The van der Waals surface area contributed by atoms with Crippen LogP contribution in [0.5, 0.6) is 0 Å². The molecule has 3 heterocycles. The summed E-state index contributed by atoms with van der Waals surface area (Å²) in [4.78, 5) is 28.9. The highest BCUT2D eigenvalue weighted by Crippen LogP contribution is 2.50. The fraction of sp³-hybridized carbons (Fsp3) is 0.375. The van der Waals surface area contributed by atoms with E-state index >= 15 is 0 Å². The lowest BCUT2D eigenvalue weighted by molar-refractivity contribution is -0.136. The highest BCUT2D eigenvalue weighted by molar-refractivity contribution is 7.13. The van der Waals surface area contributed by atoms with Crippen LogP contribution in [-0.4, -0.2) is 33.7 Å². The van der Waals surface area contributed by atoms with Gasteiger partial charge in [0.2, 0.25) is 5.91 Å². The molecule has 2 fully saturated rings. The molecule has 0 N–H and O–H groups in total. The number of likely N-dealkylation sites (tertiary alicyclic amines) is 1. The Morgan fingerprint density at radius 3 is 2.67 bits per heavy atom. The highest BCUT2D eigenvalue weighted by atomic mass is 32.1. The Kier molecular flexibility index (Phi) is 5.03. The zero-order valence-electron chi connectivity index (χ0n) is 16.9. The second-order valence-electron chi connectivity index (χ2n) is 8.42. The van der Waals surface area contributed by atoms with E-state index in [1.54, 1.807) is 28.2 Å². The topological polar surface area (TPSA) is 55.2 Å². The van der Waals surface area contributed by atoms with Crippen molar-refractivity contribution in [2.75, 3.05) is 13.1 Å². The van der Waals surface area contributed by atoms with E-state index in [1.807, 2.05) is 40.6 Å². The van der Waals surface area contributed by atoms with Crippen molar-refractivity contribution in [2.45, 2.75) is 37.6 Å². The second-order valence-corrected chi connectivity index (χ2v) is 9.37. The van der Waals surface area contributed by atoms with Crippen molar-refractivity contribution in [3.8, 4) is 10.6 Å². The van der Waals surface area contributed by atoms with Crippen molar-refractivity contribution in [1.82, 2.24) is 14.7 Å². The Hall–Kier alpha value is -2.73. The zero-order chi connectivity index (χ0) is 20.6. The summed E-state index contributed by atoms with van der Waals surface area (Å²) in [6, 6.07) is 17.6. The molecule has 1 aliphatic heterocycles. The van der Waals surface area contributed by atoms with Crippen molar-refractivity contribution in [3.05, 3.63) is 75.9 Å². The number of hydrogen-bond acceptors (Lipinski definition) is 4. The molecule has 1 saturated heterocycles. The van der Waals surface area contributed by atoms with E-state index in [1.165, 1.54) is 0 Å². The Labute approximate surface area is 180 Å². The highest BCUT2D eigenvalue weighted by Gasteiger charge is 2.53. The molecule has 1 saturated carbocycles. The molecule has 1 amide bonds. The van der Waals surface area contributed by atoms with Gasteiger partial charge >= 0.3 is 0 Å². The Bertz CT molecular complexity index is 1090. The average molecular weight is 420 g/mol. The van der Waals surface area contributed by atoms with Gasteiger partial charge in [0.1, 0.15) is 5.69 Å². The molecule has 5 rings (SSSR count). The van der Waals surface area contributed by atoms with Crippen LogP contribution in [0.15, 0.2) is 64.8 Å². The van der Waals surface area contributed by atoms with Crippen LogP contribution < -0.4 is 5.56 Å². The van der Waals surface area contributed by atoms with E-state index in [0.29, 0.717) is 13.1 Å². The van der Waals surface area contributed by atoms with E-state index in [2.05, 4.69) is 17.2 Å². The summed E-state index contributed by atoms with van der Waals surface area (Å²) in [5.41, 5.74) is 1.56. The van der Waals surface area contributed by atoms with E-state index in [-0.39, 0.29) is 22.8 Å². The number of amides is 1. The molecule has 3 aromatic rings. The molecule has 2 aromatic heterocycles. The number of carbonyl (C=O) groups excluding carboxylic acids is 1. The predicted octanol–water partition coefficient (Wildman–Crippen LogP) is 3.94. The quantitative estimate of drug-likeness (QED) is 0.629. The Balaban J connectivity index is 1.31. The number of benzene rings is 1. The first-order valence-corrected chi connectivity index (χ1v) is 11.5. The third-order valence-electron chi connectivity index (χ3n) is 6.36. The molecular weight excluding hydrogens is 394 g/mol. The summed E-state index contributed by atoms with van der Waals surface area (Å²) < 4.78 is 1.58. The van der Waals surface area contributed by atoms with Crippen molar-refractivity contribution in [3.63, 3.8) is 0 Å². The molecule has 1 atom stereocenters. The molecule has 154 valence electrons. The first-order valence-electron chi connectivity index (χ1n) is 10.6. The van der Waals surface area contributed by atoms with Crippen LogP contribution in [0.25, 0.3) is 10.6 Å². The molecular formula is C24H25N3O2S. The van der Waals surface area contributed by atoms with Gasteiger partial charge in [0, 0.05) is 25.7 Å². The fourth-order valence-electron chi connectivity index (χ4n) is 4.59. The van der Waals surface area contributed by atoms with Crippen molar-refractivity contribution < 1.29 is 4.79 Å². The number of thiophene rings is 1. The summed E-state index contributed by atoms with van der Waals surface area (Å²) in [5.74, 6) is 0.504. The lowest BCUT2D eigenvalue weighted by Crippen LogP contribution is -2.46. The van der Waals surface area contributed by atoms with Crippen molar-refractivity contribution >= 4 is 17.2 Å². The van der Waals surface area contributed by atoms with Gasteiger partial charge < -0.3 is 4.90 Å². The maximum absolute atomic E-state index is 13.4. The number of aromatic nitrogens is 2. The van der Waals surface area contributed by atoms with Crippen LogP contribution >= 0.6 is 11.3 Å². The smallest absolute Gasteiger partial charge is 0.266 e. The Morgan fingerprint density at radius 2 is 1.93 bits per heavy atom. The van der Waals surface area contributed by atoms with Gasteiger partial charge in [-0.1, -0.05) is 36.4 Å². The van der Waals surface area contributed by atoms with E-state index in [9.17, 15) is 9.59 Å². The summed E-state index contributed by atoms with van der Waals surface area (Å²) >= 11 is 1.62. The molecule has 0 radical (unpaired) electrons. The minimum absolute atomic E-state index is 0.0818. The summed E-state index contributed by atoms with van der Waals surface area (Å²) in [5, 5.41) is 6.61. The maximum Gasteiger partial charge on any atom is 0.266 e. The molecule has 30 heavy (non-hydrogen) atoms. The minimum Gasteiger partial charge on any atom is -0.342 e. The van der Waals surface area contributed by atoms with Crippen LogP contribution in [0, 0.1) is 5.92 Å². The third kappa shape index (κ3) is 3.60. The molecule has 5 nitrogen and oxygen atoms in total. The van der Waals surface area contributed by atoms with Gasteiger partial charge in [-0.3, -0.25) is 9.59 Å². The van der Waals surface area contributed by atoms with E-state index < -0.39 is 0 Å². The van der Waals surface area contributed by atoms with Gasteiger partial charge in [-0.05, 0) is 54.7 Å². The van der Waals surface area contributed by atoms with Gasteiger partial charge in [0.15, 0.2) is 0 Å². The van der Waals surface area contributed by atoms with Crippen LogP contribution in [0.2, 0.25) is 0 Å². The molecule has 1 aliphatic carbocycles. The fourth-order valence-corrected chi connectivity index (χ4v) is 5.28. The summed E-state index contributed by atoms with van der Waals surface area (Å²) in [7, 11) is 0. The lowest BCUT2D eigenvalue weighted by atomic mass is 9.91. The van der Waals surface area contributed by atoms with Gasteiger partial charge in [-0.2, -0.15) is 5.10 Å². The summed E-state index contributed by atoms with van der Waals surface area (Å²) in [6.45, 7) is 2.06.